The number of hydrogen-bond acceptors (Lipinski definition) is 2. The first-order valence-electron chi connectivity index (χ1n) is 6.81. The molecule has 0 amide bonds. The van der Waals surface area contributed by atoms with Crippen molar-refractivity contribution in [3.63, 3.8) is 0 Å². The van der Waals surface area contributed by atoms with Crippen molar-refractivity contribution in [1.29, 1.82) is 0 Å². The van der Waals surface area contributed by atoms with Crippen molar-refractivity contribution in [1.82, 2.24) is 5.32 Å². The van der Waals surface area contributed by atoms with Gasteiger partial charge in [-0.1, -0.05) is 37.0 Å². The minimum atomic E-state index is 0.152. The molecule has 0 aromatic heterocycles. The van der Waals surface area contributed by atoms with E-state index in [4.69, 9.17) is 27.9 Å². The van der Waals surface area contributed by atoms with Gasteiger partial charge in [0.05, 0.1) is 11.1 Å². The number of halogens is 2. The molecule has 0 radical (unpaired) electrons. The van der Waals surface area contributed by atoms with Gasteiger partial charge in [-0.15, -0.1) is 0 Å². The second-order valence-corrected chi connectivity index (χ2v) is 6.09. The zero-order valence-corrected chi connectivity index (χ0v) is 13.4. The van der Waals surface area contributed by atoms with Crippen LogP contribution in [0, 0.1) is 5.92 Å². The average Bonchev–Trinajstić information content (AvgIpc) is 2.32. The molecule has 0 aliphatic carbocycles. The van der Waals surface area contributed by atoms with Gasteiger partial charge in [-0.3, -0.25) is 0 Å². The van der Waals surface area contributed by atoms with Gasteiger partial charge in [-0.25, -0.2) is 0 Å². The van der Waals surface area contributed by atoms with Gasteiger partial charge in [0, 0.05) is 5.02 Å². The van der Waals surface area contributed by atoms with E-state index in [-0.39, 0.29) is 6.10 Å². The molecule has 0 spiro atoms. The summed E-state index contributed by atoms with van der Waals surface area (Å²) < 4.78 is 5.81. The van der Waals surface area contributed by atoms with Gasteiger partial charge >= 0.3 is 0 Å². The Balaban J connectivity index is 2.25. The average molecular weight is 304 g/mol. The molecule has 19 heavy (non-hydrogen) atoms. The van der Waals surface area contributed by atoms with Crippen LogP contribution in [0.4, 0.5) is 0 Å². The molecule has 0 saturated carbocycles. The summed E-state index contributed by atoms with van der Waals surface area (Å²) in [5, 5.41) is 4.62. The highest BCUT2D eigenvalue weighted by molar-refractivity contribution is 6.35. The van der Waals surface area contributed by atoms with Crippen LogP contribution in [0.1, 0.15) is 33.6 Å². The summed E-state index contributed by atoms with van der Waals surface area (Å²) in [5.74, 6) is 1.40. The Morgan fingerprint density at radius 2 is 1.95 bits per heavy atom. The zero-order valence-electron chi connectivity index (χ0n) is 11.9. The van der Waals surface area contributed by atoms with Crippen LogP contribution in [-0.4, -0.2) is 19.2 Å². The predicted molar refractivity (Wildman–Crippen MR) is 83.5 cm³/mol. The standard InChI is InChI=1S/C15H23Cl2NO/c1-11(2)10-18-8-4-5-12(3)19-15-7-6-13(16)9-14(15)17/h6-7,9,11-12,18H,4-5,8,10H2,1-3H3. The molecular formula is C15H23Cl2NO. The van der Waals surface area contributed by atoms with E-state index >= 15 is 0 Å². The molecule has 0 bridgehead atoms. The van der Waals surface area contributed by atoms with Crippen molar-refractivity contribution in [2.45, 2.75) is 39.7 Å². The van der Waals surface area contributed by atoms with E-state index in [9.17, 15) is 0 Å². The molecule has 0 heterocycles. The lowest BCUT2D eigenvalue weighted by Gasteiger charge is -2.16. The van der Waals surface area contributed by atoms with Gasteiger partial charge in [0.15, 0.2) is 0 Å². The van der Waals surface area contributed by atoms with E-state index in [1.807, 2.05) is 6.07 Å². The lowest BCUT2D eigenvalue weighted by atomic mass is 10.2. The Bertz CT molecular complexity index is 382. The topological polar surface area (TPSA) is 21.3 Å². The van der Waals surface area contributed by atoms with E-state index in [0.717, 1.165) is 25.9 Å². The lowest BCUT2D eigenvalue weighted by Crippen LogP contribution is -2.22. The minimum absolute atomic E-state index is 0.152. The maximum atomic E-state index is 6.07. The maximum Gasteiger partial charge on any atom is 0.138 e. The third-order valence-corrected chi connectivity index (χ3v) is 3.27. The smallest absolute Gasteiger partial charge is 0.138 e. The monoisotopic (exact) mass is 303 g/mol. The third kappa shape index (κ3) is 7.05. The molecule has 1 unspecified atom stereocenters. The number of ether oxygens (including phenoxy) is 1. The summed E-state index contributed by atoms with van der Waals surface area (Å²) in [6.07, 6.45) is 2.25. The summed E-state index contributed by atoms with van der Waals surface area (Å²) in [4.78, 5) is 0. The van der Waals surface area contributed by atoms with Gasteiger partial charge in [-0.05, 0) is 57.0 Å². The summed E-state index contributed by atoms with van der Waals surface area (Å²) in [5.41, 5.74) is 0. The first-order valence-corrected chi connectivity index (χ1v) is 7.57. The van der Waals surface area contributed by atoms with Gasteiger partial charge < -0.3 is 10.1 Å². The highest BCUT2D eigenvalue weighted by Crippen LogP contribution is 2.28. The van der Waals surface area contributed by atoms with E-state index in [1.165, 1.54) is 0 Å². The molecule has 0 aliphatic heterocycles. The normalized spacial score (nSPS) is 12.7. The van der Waals surface area contributed by atoms with E-state index < -0.39 is 0 Å². The van der Waals surface area contributed by atoms with Crippen LogP contribution in [0.5, 0.6) is 5.75 Å². The maximum absolute atomic E-state index is 6.07. The summed E-state index contributed by atoms with van der Waals surface area (Å²) in [6.45, 7) is 8.58. The fraction of sp³-hybridized carbons (Fsp3) is 0.600. The minimum Gasteiger partial charge on any atom is -0.489 e. The highest BCUT2D eigenvalue weighted by atomic mass is 35.5. The quantitative estimate of drug-likeness (QED) is 0.697. The number of nitrogens with one attached hydrogen (secondary N) is 1. The van der Waals surface area contributed by atoms with Crippen LogP contribution in [0.15, 0.2) is 18.2 Å². The van der Waals surface area contributed by atoms with Crippen molar-refractivity contribution in [3.05, 3.63) is 28.2 Å². The molecule has 1 aromatic carbocycles. The number of hydrogen-bond donors (Lipinski definition) is 1. The van der Waals surface area contributed by atoms with Crippen LogP contribution in [-0.2, 0) is 0 Å². The Kier molecular flexibility index (Phi) is 7.59. The molecule has 1 rings (SSSR count). The van der Waals surface area contributed by atoms with Gasteiger partial charge in [0.2, 0.25) is 0 Å². The number of rotatable bonds is 8. The Morgan fingerprint density at radius 3 is 2.58 bits per heavy atom. The van der Waals surface area contributed by atoms with E-state index in [1.54, 1.807) is 12.1 Å². The van der Waals surface area contributed by atoms with Crippen molar-refractivity contribution in [2.75, 3.05) is 13.1 Å². The summed E-state index contributed by atoms with van der Waals surface area (Å²) in [7, 11) is 0. The van der Waals surface area contributed by atoms with Crippen LogP contribution >= 0.6 is 23.2 Å². The third-order valence-electron chi connectivity index (χ3n) is 2.74. The van der Waals surface area contributed by atoms with Crippen LogP contribution in [0.2, 0.25) is 10.0 Å². The second-order valence-electron chi connectivity index (χ2n) is 5.24. The fourth-order valence-electron chi connectivity index (χ4n) is 1.75. The molecule has 1 aromatic rings. The Labute approximate surface area is 126 Å². The molecule has 1 N–H and O–H groups in total. The Hall–Kier alpha value is -0.440. The van der Waals surface area contributed by atoms with E-state index in [0.29, 0.717) is 21.7 Å². The van der Waals surface area contributed by atoms with Crippen LogP contribution in [0.25, 0.3) is 0 Å². The van der Waals surface area contributed by atoms with Crippen molar-refractivity contribution in [3.8, 4) is 5.75 Å². The van der Waals surface area contributed by atoms with Gasteiger partial charge in [0.1, 0.15) is 5.75 Å². The van der Waals surface area contributed by atoms with Crippen LogP contribution < -0.4 is 10.1 Å². The summed E-state index contributed by atoms with van der Waals surface area (Å²) >= 11 is 11.9. The number of benzene rings is 1. The van der Waals surface area contributed by atoms with Crippen LogP contribution in [0.3, 0.4) is 0 Å². The summed E-state index contributed by atoms with van der Waals surface area (Å²) in [6, 6.07) is 5.31. The molecule has 108 valence electrons. The fourth-order valence-corrected chi connectivity index (χ4v) is 2.20. The molecule has 1 atom stereocenters. The molecule has 0 saturated heterocycles. The Morgan fingerprint density at radius 1 is 1.21 bits per heavy atom. The second kappa shape index (κ2) is 8.68. The van der Waals surface area contributed by atoms with Crippen molar-refractivity contribution < 1.29 is 4.74 Å². The first kappa shape index (κ1) is 16.6. The molecule has 2 nitrogen and oxygen atoms in total. The SMILES string of the molecule is CC(C)CNCCCC(C)Oc1ccc(Cl)cc1Cl. The van der Waals surface area contributed by atoms with E-state index in [2.05, 4.69) is 26.1 Å². The lowest BCUT2D eigenvalue weighted by molar-refractivity contribution is 0.207. The molecular weight excluding hydrogens is 281 g/mol. The van der Waals surface area contributed by atoms with Crippen molar-refractivity contribution in [2.24, 2.45) is 5.92 Å². The van der Waals surface area contributed by atoms with Crippen molar-refractivity contribution >= 4 is 23.2 Å². The van der Waals surface area contributed by atoms with Gasteiger partial charge in [-0.2, -0.15) is 0 Å². The highest BCUT2D eigenvalue weighted by Gasteiger charge is 2.07. The first-order chi connectivity index (χ1) is 8.99. The van der Waals surface area contributed by atoms with Gasteiger partial charge in [0.25, 0.3) is 0 Å². The molecule has 4 heteroatoms. The zero-order chi connectivity index (χ0) is 14.3. The largest absolute Gasteiger partial charge is 0.489 e. The molecule has 0 fully saturated rings. The molecule has 0 aliphatic rings. The predicted octanol–water partition coefficient (Wildman–Crippen LogP) is 4.79.